The van der Waals surface area contributed by atoms with Crippen LogP contribution in [-0.2, 0) is 0 Å². The monoisotopic (exact) mass is 251 g/mol. The number of nitrogens with zero attached hydrogens (tertiary/aromatic N) is 3. The molecule has 0 spiro atoms. The van der Waals surface area contributed by atoms with Gasteiger partial charge in [-0.3, -0.25) is 0 Å². The molecule has 0 radical (unpaired) electrons. The van der Waals surface area contributed by atoms with Crippen LogP contribution in [0.3, 0.4) is 0 Å². The third kappa shape index (κ3) is 2.62. The van der Waals surface area contributed by atoms with Crippen molar-refractivity contribution in [2.75, 3.05) is 0 Å². The number of carboxylic acids is 1. The van der Waals surface area contributed by atoms with E-state index in [2.05, 4.69) is 15.2 Å². The zero-order chi connectivity index (χ0) is 12.4. The summed E-state index contributed by atoms with van der Waals surface area (Å²) in [5, 5.41) is 17.0. The summed E-state index contributed by atoms with van der Waals surface area (Å²) in [4.78, 5) is 14.8. The SMILES string of the molecule is Cc1nc(Sc2ccc(C(=O)O)nn2)oc1C. The average Bonchev–Trinajstić information content (AvgIpc) is 2.58. The van der Waals surface area contributed by atoms with Crippen molar-refractivity contribution in [2.45, 2.75) is 24.1 Å². The van der Waals surface area contributed by atoms with Gasteiger partial charge in [0.25, 0.3) is 5.22 Å². The molecular formula is C10H9N3O3S. The standard InChI is InChI=1S/C10H9N3O3S/c1-5-6(2)16-10(11-5)17-8-4-3-7(9(14)15)12-13-8/h3-4H,1-2H3,(H,14,15). The third-order valence-corrected chi connectivity index (χ3v) is 2.84. The highest BCUT2D eigenvalue weighted by atomic mass is 32.2. The largest absolute Gasteiger partial charge is 0.476 e. The maximum Gasteiger partial charge on any atom is 0.356 e. The van der Waals surface area contributed by atoms with Crippen LogP contribution in [0, 0.1) is 13.8 Å². The maximum atomic E-state index is 10.6. The molecule has 0 unspecified atom stereocenters. The summed E-state index contributed by atoms with van der Waals surface area (Å²) in [5.74, 6) is -0.348. The molecule has 2 rings (SSSR count). The van der Waals surface area contributed by atoms with Crippen LogP contribution in [0.5, 0.6) is 0 Å². The van der Waals surface area contributed by atoms with E-state index in [1.807, 2.05) is 13.8 Å². The van der Waals surface area contributed by atoms with Crippen LogP contribution in [-0.4, -0.2) is 26.3 Å². The maximum absolute atomic E-state index is 10.6. The van der Waals surface area contributed by atoms with Crippen molar-refractivity contribution in [3.63, 3.8) is 0 Å². The Hall–Kier alpha value is -1.89. The van der Waals surface area contributed by atoms with Gasteiger partial charge in [-0.25, -0.2) is 9.78 Å². The van der Waals surface area contributed by atoms with Crippen molar-refractivity contribution in [2.24, 2.45) is 0 Å². The van der Waals surface area contributed by atoms with E-state index in [0.717, 1.165) is 11.5 Å². The van der Waals surface area contributed by atoms with Crippen LogP contribution in [0.25, 0.3) is 0 Å². The van der Waals surface area contributed by atoms with Gasteiger partial charge < -0.3 is 9.52 Å². The Labute approximate surface area is 101 Å². The van der Waals surface area contributed by atoms with E-state index in [4.69, 9.17) is 9.52 Å². The zero-order valence-electron chi connectivity index (χ0n) is 9.17. The van der Waals surface area contributed by atoms with Crippen LogP contribution in [0.1, 0.15) is 21.9 Å². The van der Waals surface area contributed by atoms with E-state index >= 15 is 0 Å². The Morgan fingerprint density at radius 1 is 1.35 bits per heavy atom. The van der Waals surface area contributed by atoms with Gasteiger partial charge in [0, 0.05) is 0 Å². The van der Waals surface area contributed by atoms with Gasteiger partial charge in [-0.05, 0) is 37.7 Å². The minimum atomic E-state index is -1.10. The Morgan fingerprint density at radius 3 is 2.59 bits per heavy atom. The van der Waals surface area contributed by atoms with Crippen LogP contribution >= 0.6 is 11.8 Å². The minimum Gasteiger partial charge on any atom is -0.476 e. The van der Waals surface area contributed by atoms with Gasteiger partial charge in [-0.1, -0.05) is 0 Å². The van der Waals surface area contributed by atoms with Crippen molar-refractivity contribution in [1.82, 2.24) is 15.2 Å². The molecule has 7 heteroatoms. The first-order chi connectivity index (χ1) is 8.06. The van der Waals surface area contributed by atoms with E-state index in [-0.39, 0.29) is 5.69 Å². The molecule has 0 aliphatic carbocycles. The van der Waals surface area contributed by atoms with Crippen molar-refractivity contribution < 1.29 is 14.3 Å². The Bertz CT molecular complexity index is 531. The van der Waals surface area contributed by atoms with E-state index in [9.17, 15) is 4.79 Å². The number of hydrogen-bond acceptors (Lipinski definition) is 6. The quantitative estimate of drug-likeness (QED) is 0.891. The zero-order valence-corrected chi connectivity index (χ0v) is 9.98. The van der Waals surface area contributed by atoms with Gasteiger partial charge in [0.05, 0.1) is 5.69 Å². The number of aromatic carboxylic acids is 1. The number of carboxylic acid groups (broad SMARTS) is 1. The summed E-state index contributed by atoms with van der Waals surface area (Å²) in [6.45, 7) is 3.67. The lowest BCUT2D eigenvalue weighted by Gasteiger charge is -1.95. The fraction of sp³-hybridized carbons (Fsp3) is 0.200. The van der Waals surface area contributed by atoms with Crippen molar-refractivity contribution in [1.29, 1.82) is 0 Å². The second-order valence-corrected chi connectivity index (χ2v) is 4.26. The van der Waals surface area contributed by atoms with E-state index in [0.29, 0.717) is 10.2 Å². The van der Waals surface area contributed by atoms with Gasteiger partial charge in [-0.15, -0.1) is 10.2 Å². The normalized spacial score (nSPS) is 10.5. The molecule has 17 heavy (non-hydrogen) atoms. The molecule has 0 aliphatic heterocycles. The Morgan fingerprint density at radius 2 is 2.12 bits per heavy atom. The molecule has 0 saturated carbocycles. The molecular weight excluding hydrogens is 242 g/mol. The van der Waals surface area contributed by atoms with Crippen molar-refractivity contribution in [3.05, 3.63) is 29.3 Å². The molecule has 0 fully saturated rings. The summed E-state index contributed by atoms with van der Waals surface area (Å²) in [5.41, 5.74) is 0.733. The highest BCUT2D eigenvalue weighted by Crippen LogP contribution is 2.26. The molecule has 0 aromatic carbocycles. The third-order valence-electron chi connectivity index (χ3n) is 2.06. The summed E-state index contributed by atoms with van der Waals surface area (Å²) >= 11 is 1.20. The molecule has 2 aromatic heterocycles. The van der Waals surface area contributed by atoms with E-state index in [1.54, 1.807) is 6.07 Å². The smallest absolute Gasteiger partial charge is 0.356 e. The summed E-state index contributed by atoms with van der Waals surface area (Å²) in [6.07, 6.45) is 0. The van der Waals surface area contributed by atoms with Crippen molar-refractivity contribution in [3.8, 4) is 0 Å². The van der Waals surface area contributed by atoms with Crippen LogP contribution in [0.2, 0.25) is 0 Å². The predicted molar refractivity (Wildman–Crippen MR) is 59.1 cm³/mol. The lowest BCUT2D eigenvalue weighted by Crippen LogP contribution is -2.01. The number of carbonyl (C=O) groups is 1. The number of aromatic nitrogens is 3. The Balaban J connectivity index is 2.16. The molecule has 0 saturated heterocycles. The summed E-state index contributed by atoms with van der Waals surface area (Å²) in [7, 11) is 0. The predicted octanol–water partition coefficient (Wildman–Crippen LogP) is 1.93. The fourth-order valence-electron chi connectivity index (χ4n) is 1.06. The molecule has 0 bridgehead atoms. The fourth-order valence-corrected chi connectivity index (χ4v) is 1.81. The lowest BCUT2D eigenvalue weighted by molar-refractivity contribution is 0.0689. The first-order valence-corrected chi connectivity index (χ1v) is 5.57. The molecule has 2 heterocycles. The number of rotatable bonds is 3. The Kier molecular flexibility index (Phi) is 3.10. The van der Waals surface area contributed by atoms with Gasteiger partial charge in [0.2, 0.25) is 0 Å². The second-order valence-electron chi connectivity index (χ2n) is 3.29. The molecule has 88 valence electrons. The van der Waals surface area contributed by atoms with Crippen LogP contribution in [0.15, 0.2) is 26.8 Å². The molecule has 2 aromatic rings. The first-order valence-electron chi connectivity index (χ1n) is 4.75. The number of oxazole rings is 1. The number of hydrogen-bond donors (Lipinski definition) is 1. The molecule has 6 nitrogen and oxygen atoms in total. The summed E-state index contributed by atoms with van der Waals surface area (Å²) in [6, 6.07) is 2.95. The van der Waals surface area contributed by atoms with Crippen LogP contribution < -0.4 is 0 Å². The van der Waals surface area contributed by atoms with E-state index < -0.39 is 5.97 Å². The minimum absolute atomic E-state index is 0.0888. The van der Waals surface area contributed by atoms with Gasteiger partial charge in [0.1, 0.15) is 10.8 Å². The first kappa shape index (κ1) is 11.6. The van der Waals surface area contributed by atoms with Crippen molar-refractivity contribution >= 4 is 17.7 Å². The molecule has 0 atom stereocenters. The summed E-state index contributed by atoms with van der Waals surface area (Å²) < 4.78 is 5.36. The highest BCUT2D eigenvalue weighted by molar-refractivity contribution is 7.99. The highest BCUT2D eigenvalue weighted by Gasteiger charge is 2.10. The molecule has 0 amide bonds. The van der Waals surface area contributed by atoms with Gasteiger partial charge in [-0.2, -0.15) is 0 Å². The van der Waals surface area contributed by atoms with E-state index in [1.165, 1.54) is 17.8 Å². The topological polar surface area (TPSA) is 89.1 Å². The lowest BCUT2D eigenvalue weighted by atomic mass is 10.4. The second kappa shape index (κ2) is 4.54. The number of aryl methyl sites for hydroxylation is 2. The van der Waals surface area contributed by atoms with Gasteiger partial charge >= 0.3 is 5.97 Å². The van der Waals surface area contributed by atoms with Gasteiger partial charge in [0.15, 0.2) is 5.69 Å². The van der Waals surface area contributed by atoms with Crippen LogP contribution in [0.4, 0.5) is 0 Å². The average molecular weight is 251 g/mol. The molecule has 0 aliphatic rings. The molecule has 1 N–H and O–H groups in total.